The van der Waals surface area contributed by atoms with Crippen LogP contribution in [0.2, 0.25) is 5.02 Å². The summed E-state index contributed by atoms with van der Waals surface area (Å²) in [5, 5.41) is 4.33. The second kappa shape index (κ2) is 4.87. The van der Waals surface area contributed by atoms with Crippen LogP contribution in [0.4, 0.5) is 5.69 Å². The molecule has 0 aliphatic carbocycles. The van der Waals surface area contributed by atoms with Gasteiger partial charge < -0.3 is 4.55 Å². The van der Waals surface area contributed by atoms with Crippen molar-refractivity contribution in [2.45, 2.75) is 24.0 Å². The van der Waals surface area contributed by atoms with Crippen LogP contribution in [0.25, 0.3) is 0 Å². The highest BCUT2D eigenvalue weighted by Gasteiger charge is 2.25. The van der Waals surface area contributed by atoms with Crippen LogP contribution in [0.5, 0.6) is 0 Å². The maximum absolute atomic E-state index is 11.9. The molecule has 0 spiro atoms. The van der Waals surface area contributed by atoms with Crippen LogP contribution < -0.4 is 5.32 Å². The van der Waals surface area contributed by atoms with Crippen LogP contribution in [0.3, 0.4) is 0 Å². The first-order valence-corrected chi connectivity index (χ1v) is 7.16. The fourth-order valence-electron chi connectivity index (χ4n) is 1.21. The van der Waals surface area contributed by atoms with E-state index in [2.05, 4.69) is 9.71 Å². The first kappa shape index (κ1) is 12.1. The van der Waals surface area contributed by atoms with Gasteiger partial charge in [0.1, 0.15) is 5.25 Å². The Balaban J connectivity index is 2.22. The standard InChI is InChI=1S/C10H11ClN2OS2/c1-6(2)16(14)10-12-8-4-3-7(11)5-9(8)15-13-10/h3-6H,1-2H3,(H,12,13). The summed E-state index contributed by atoms with van der Waals surface area (Å²) in [6.07, 6.45) is 0. The van der Waals surface area contributed by atoms with Gasteiger partial charge in [-0.1, -0.05) is 11.6 Å². The van der Waals surface area contributed by atoms with E-state index in [1.807, 2.05) is 26.0 Å². The quantitative estimate of drug-likeness (QED) is 0.631. The van der Waals surface area contributed by atoms with Gasteiger partial charge >= 0.3 is 5.17 Å². The largest absolute Gasteiger partial charge is 0.609 e. The lowest BCUT2D eigenvalue weighted by Gasteiger charge is -2.20. The molecule has 0 bridgehead atoms. The van der Waals surface area contributed by atoms with Crippen LogP contribution in [0, 0.1) is 0 Å². The molecule has 6 heteroatoms. The number of nitrogens with one attached hydrogen (secondary N) is 1. The lowest BCUT2D eigenvalue weighted by Crippen LogP contribution is -2.31. The van der Waals surface area contributed by atoms with Crippen LogP contribution in [0.15, 0.2) is 27.5 Å². The van der Waals surface area contributed by atoms with E-state index >= 15 is 0 Å². The van der Waals surface area contributed by atoms with Gasteiger partial charge in [0.2, 0.25) is 0 Å². The van der Waals surface area contributed by atoms with Gasteiger partial charge in [0, 0.05) is 28.1 Å². The van der Waals surface area contributed by atoms with E-state index in [-0.39, 0.29) is 5.25 Å². The zero-order valence-electron chi connectivity index (χ0n) is 8.86. The minimum atomic E-state index is -1.09. The molecular weight excluding hydrogens is 264 g/mol. The first-order valence-electron chi connectivity index (χ1n) is 4.80. The van der Waals surface area contributed by atoms with Crippen molar-refractivity contribution in [3.63, 3.8) is 0 Å². The Bertz CT molecular complexity index is 437. The van der Waals surface area contributed by atoms with Gasteiger partial charge in [-0.25, -0.2) is 0 Å². The second-order valence-corrected chi connectivity index (χ2v) is 6.77. The van der Waals surface area contributed by atoms with Crippen LogP contribution in [0.1, 0.15) is 13.8 Å². The Hall–Kier alpha value is -0.360. The van der Waals surface area contributed by atoms with Gasteiger partial charge in [0.15, 0.2) is 0 Å². The highest BCUT2D eigenvalue weighted by molar-refractivity contribution is 8.09. The number of halogens is 1. The minimum absolute atomic E-state index is 0.0562. The summed E-state index contributed by atoms with van der Waals surface area (Å²) in [6.45, 7) is 3.81. The predicted octanol–water partition coefficient (Wildman–Crippen LogP) is 3.29. The van der Waals surface area contributed by atoms with Gasteiger partial charge in [0.05, 0.1) is 10.6 Å². The summed E-state index contributed by atoms with van der Waals surface area (Å²) >= 11 is 6.10. The number of nitrogens with zero attached hydrogens (tertiary/aromatic N) is 1. The molecule has 1 unspecified atom stereocenters. The summed E-state index contributed by atoms with van der Waals surface area (Å²) in [5.74, 6) is 0. The van der Waals surface area contributed by atoms with Gasteiger partial charge in [-0.05, 0) is 32.0 Å². The van der Waals surface area contributed by atoms with Crippen LogP contribution in [-0.4, -0.2) is 15.0 Å². The summed E-state index contributed by atoms with van der Waals surface area (Å²) in [6, 6.07) is 5.51. The third-order valence-corrected chi connectivity index (χ3v) is 4.62. The highest BCUT2D eigenvalue weighted by Crippen LogP contribution is 2.35. The number of hydrogen-bond acceptors (Lipinski definition) is 4. The molecule has 3 nitrogen and oxygen atoms in total. The summed E-state index contributed by atoms with van der Waals surface area (Å²) < 4.78 is 16.0. The number of benzene rings is 1. The molecule has 1 N–H and O–H groups in total. The monoisotopic (exact) mass is 274 g/mol. The molecule has 1 heterocycles. The second-order valence-electron chi connectivity index (χ2n) is 3.60. The zero-order chi connectivity index (χ0) is 11.7. The van der Waals surface area contributed by atoms with E-state index < -0.39 is 11.2 Å². The van der Waals surface area contributed by atoms with E-state index in [4.69, 9.17) is 11.6 Å². The molecule has 0 amide bonds. The number of anilines is 1. The van der Waals surface area contributed by atoms with Gasteiger partial charge in [-0.2, -0.15) is 0 Å². The van der Waals surface area contributed by atoms with Crippen molar-refractivity contribution >= 4 is 45.6 Å². The van der Waals surface area contributed by atoms with Gasteiger partial charge in [-0.3, -0.25) is 5.32 Å². The molecule has 0 saturated carbocycles. The predicted molar refractivity (Wildman–Crippen MR) is 71.6 cm³/mol. The number of amidine groups is 1. The van der Waals surface area contributed by atoms with Crippen molar-refractivity contribution in [3.05, 3.63) is 23.2 Å². The average Bonchev–Trinajstić information content (AvgIpc) is 2.27. The van der Waals surface area contributed by atoms with E-state index in [1.54, 1.807) is 6.07 Å². The fraction of sp³-hybridized carbons (Fsp3) is 0.300. The van der Waals surface area contributed by atoms with E-state index in [0.29, 0.717) is 10.2 Å². The van der Waals surface area contributed by atoms with E-state index in [0.717, 1.165) is 10.6 Å². The van der Waals surface area contributed by atoms with Crippen molar-refractivity contribution in [2.75, 3.05) is 5.32 Å². The lowest BCUT2D eigenvalue weighted by atomic mass is 10.3. The normalized spacial score (nSPS) is 16.4. The maximum Gasteiger partial charge on any atom is 0.328 e. The maximum atomic E-state index is 11.9. The molecule has 1 aliphatic rings. The molecule has 2 rings (SSSR count). The van der Waals surface area contributed by atoms with Gasteiger partial charge in [-0.15, -0.1) is 4.40 Å². The molecule has 1 aliphatic heterocycles. The van der Waals surface area contributed by atoms with Crippen LogP contribution >= 0.6 is 23.5 Å². The van der Waals surface area contributed by atoms with E-state index in [9.17, 15) is 4.55 Å². The molecule has 86 valence electrons. The van der Waals surface area contributed by atoms with Crippen LogP contribution in [-0.2, 0) is 11.2 Å². The summed E-state index contributed by atoms with van der Waals surface area (Å²) in [7, 11) is 0. The van der Waals surface area contributed by atoms with E-state index in [1.165, 1.54) is 11.9 Å². The molecule has 1 aromatic carbocycles. The molecule has 16 heavy (non-hydrogen) atoms. The first-order chi connectivity index (χ1) is 7.58. The Morgan fingerprint density at radius 2 is 2.25 bits per heavy atom. The van der Waals surface area contributed by atoms with Crippen molar-refractivity contribution in [2.24, 2.45) is 4.40 Å². The van der Waals surface area contributed by atoms with Crippen molar-refractivity contribution in [3.8, 4) is 0 Å². The smallest absolute Gasteiger partial charge is 0.328 e. The number of rotatable bonds is 1. The van der Waals surface area contributed by atoms with Crippen molar-refractivity contribution in [1.29, 1.82) is 0 Å². The fourth-order valence-corrected chi connectivity index (χ4v) is 3.14. The number of fused-ring (bicyclic) bond motifs is 1. The highest BCUT2D eigenvalue weighted by atomic mass is 35.5. The molecule has 0 aromatic heterocycles. The third-order valence-electron chi connectivity index (χ3n) is 2.03. The summed E-state index contributed by atoms with van der Waals surface area (Å²) in [5.41, 5.74) is 0.911. The topological polar surface area (TPSA) is 47.5 Å². The number of hydrogen-bond donors (Lipinski definition) is 1. The molecule has 0 radical (unpaired) electrons. The molecule has 1 atom stereocenters. The summed E-state index contributed by atoms with van der Waals surface area (Å²) in [4.78, 5) is 0.956. The molecule has 0 saturated heterocycles. The SMILES string of the molecule is CC(C)[S+]([O-])C1=NSc2cc(Cl)ccc2N1. The minimum Gasteiger partial charge on any atom is -0.609 e. The Kier molecular flexibility index (Phi) is 3.69. The Morgan fingerprint density at radius 1 is 1.50 bits per heavy atom. The van der Waals surface area contributed by atoms with Crippen molar-refractivity contribution < 1.29 is 4.55 Å². The average molecular weight is 275 g/mol. The van der Waals surface area contributed by atoms with Crippen molar-refractivity contribution in [1.82, 2.24) is 0 Å². The third kappa shape index (κ3) is 2.48. The Morgan fingerprint density at radius 3 is 2.94 bits per heavy atom. The van der Waals surface area contributed by atoms with Gasteiger partial charge in [0.25, 0.3) is 0 Å². The molecule has 1 aromatic rings. The Labute approximate surface area is 107 Å². The molecule has 0 fully saturated rings. The lowest BCUT2D eigenvalue weighted by molar-refractivity contribution is 0.598. The zero-order valence-corrected chi connectivity index (χ0v) is 11.2. The molecular formula is C10H11ClN2OS2.